The number of piperidine rings is 1. The maximum atomic E-state index is 10.9. The molecule has 1 aromatic heterocycles. The van der Waals surface area contributed by atoms with Gasteiger partial charge in [0.2, 0.25) is 0 Å². The standard InChI is InChI=1S/C27H32Cl2N2O2S/c1-33-21-7-10-26-24(17-21)23(25(29)18-30-26)3-2-4-27(32)19-11-13-31(14-12-19)15-16-34-22-8-5-20(28)6-9-22/h5-10,17-19,27,32H,2-4,11-16H2,1H3. The molecule has 4 rings (SSSR count). The van der Waals surface area contributed by atoms with Crippen molar-refractivity contribution in [2.75, 3.05) is 32.5 Å². The second-order valence-electron chi connectivity index (χ2n) is 8.91. The largest absolute Gasteiger partial charge is 0.497 e. The van der Waals surface area contributed by atoms with Crippen LogP contribution in [0.3, 0.4) is 0 Å². The number of thioether (sulfide) groups is 1. The molecule has 1 aliphatic rings. The number of likely N-dealkylation sites (tertiary alicyclic amines) is 1. The zero-order valence-electron chi connectivity index (χ0n) is 19.6. The summed E-state index contributed by atoms with van der Waals surface area (Å²) in [4.78, 5) is 8.21. The molecule has 1 atom stereocenters. The van der Waals surface area contributed by atoms with Crippen molar-refractivity contribution in [2.24, 2.45) is 5.92 Å². The minimum Gasteiger partial charge on any atom is -0.497 e. The molecule has 1 fully saturated rings. The van der Waals surface area contributed by atoms with Crippen molar-refractivity contribution in [3.63, 3.8) is 0 Å². The molecule has 0 bridgehead atoms. The number of methoxy groups -OCH3 is 1. The quantitative estimate of drug-likeness (QED) is 0.301. The summed E-state index contributed by atoms with van der Waals surface area (Å²) in [6, 6.07) is 13.9. The highest BCUT2D eigenvalue weighted by Gasteiger charge is 2.25. The van der Waals surface area contributed by atoms with Crippen LogP contribution in [-0.4, -0.2) is 53.6 Å². The highest BCUT2D eigenvalue weighted by atomic mass is 35.5. The third-order valence-electron chi connectivity index (χ3n) is 6.73. The van der Waals surface area contributed by atoms with E-state index in [9.17, 15) is 5.11 Å². The zero-order valence-corrected chi connectivity index (χ0v) is 21.9. The number of ether oxygens (including phenoxy) is 1. The lowest BCUT2D eigenvalue weighted by Gasteiger charge is -2.34. The Morgan fingerprint density at radius 1 is 1.15 bits per heavy atom. The summed E-state index contributed by atoms with van der Waals surface area (Å²) in [5.41, 5.74) is 2.01. The van der Waals surface area contributed by atoms with Gasteiger partial charge in [0.15, 0.2) is 0 Å². The molecular weight excluding hydrogens is 487 g/mol. The van der Waals surface area contributed by atoms with E-state index in [2.05, 4.69) is 22.0 Å². The first-order valence-corrected chi connectivity index (χ1v) is 13.7. The normalized spacial score (nSPS) is 16.1. The zero-order chi connectivity index (χ0) is 23.9. The van der Waals surface area contributed by atoms with Crippen LogP contribution in [0.15, 0.2) is 53.6 Å². The second kappa shape index (κ2) is 12.5. The molecular formula is C27H32Cl2N2O2S. The smallest absolute Gasteiger partial charge is 0.119 e. The number of benzene rings is 2. The average molecular weight is 520 g/mol. The van der Waals surface area contributed by atoms with E-state index in [1.165, 1.54) is 4.90 Å². The summed E-state index contributed by atoms with van der Waals surface area (Å²) in [7, 11) is 1.67. The third-order valence-corrected chi connectivity index (χ3v) is 8.30. The van der Waals surface area contributed by atoms with E-state index >= 15 is 0 Å². The first-order chi connectivity index (χ1) is 16.5. The van der Waals surface area contributed by atoms with Gasteiger partial charge in [-0.15, -0.1) is 11.8 Å². The monoisotopic (exact) mass is 518 g/mol. The molecule has 1 N–H and O–H groups in total. The molecule has 1 aliphatic heterocycles. The van der Waals surface area contributed by atoms with E-state index in [-0.39, 0.29) is 6.10 Å². The molecule has 0 aliphatic carbocycles. The molecule has 4 nitrogen and oxygen atoms in total. The van der Waals surface area contributed by atoms with Crippen molar-refractivity contribution in [3.8, 4) is 5.75 Å². The molecule has 34 heavy (non-hydrogen) atoms. The maximum Gasteiger partial charge on any atom is 0.119 e. The number of hydrogen-bond acceptors (Lipinski definition) is 5. The SMILES string of the molecule is COc1ccc2ncc(Cl)c(CCCC(O)C3CCN(CCSc4ccc(Cl)cc4)CC3)c2c1. The lowest BCUT2D eigenvalue weighted by atomic mass is 9.88. The van der Waals surface area contributed by atoms with Gasteiger partial charge in [-0.2, -0.15) is 0 Å². The molecule has 0 radical (unpaired) electrons. The summed E-state index contributed by atoms with van der Waals surface area (Å²) in [5, 5.41) is 13.3. The summed E-state index contributed by atoms with van der Waals surface area (Å²) in [5.74, 6) is 2.25. The van der Waals surface area contributed by atoms with Crippen LogP contribution in [0.25, 0.3) is 10.9 Å². The van der Waals surface area contributed by atoms with E-state index in [0.29, 0.717) is 10.9 Å². The van der Waals surface area contributed by atoms with Crippen molar-refractivity contribution in [3.05, 3.63) is 64.3 Å². The molecule has 0 amide bonds. The number of pyridine rings is 1. The number of aryl methyl sites for hydroxylation is 1. The first kappa shape index (κ1) is 25.6. The van der Waals surface area contributed by atoms with Crippen LogP contribution in [0.1, 0.15) is 31.2 Å². The van der Waals surface area contributed by atoms with Crippen LogP contribution in [0.2, 0.25) is 10.0 Å². The van der Waals surface area contributed by atoms with Gasteiger partial charge < -0.3 is 14.7 Å². The van der Waals surface area contributed by atoms with Crippen LogP contribution in [0, 0.1) is 5.92 Å². The van der Waals surface area contributed by atoms with Gasteiger partial charge in [-0.25, -0.2) is 0 Å². The van der Waals surface area contributed by atoms with Crippen LogP contribution < -0.4 is 4.74 Å². The Morgan fingerprint density at radius 3 is 2.65 bits per heavy atom. The fourth-order valence-electron chi connectivity index (χ4n) is 4.69. The van der Waals surface area contributed by atoms with E-state index < -0.39 is 0 Å². The Labute approximate surface area is 216 Å². The van der Waals surface area contributed by atoms with Crippen molar-refractivity contribution in [2.45, 2.75) is 43.1 Å². The Hall–Kier alpha value is -1.50. The summed E-state index contributed by atoms with van der Waals surface area (Å²) in [6.07, 6.45) is 6.10. The van der Waals surface area contributed by atoms with Gasteiger partial charge in [-0.3, -0.25) is 4.98 Å². The number of aliphatic hydroxyl groups is 1. The molecule has 1 unspecified atom stereocenters. The highest BCUT2D eigenvalue weighted by Crippen LogP contribution is 2.30. The Balaban J connectivity index is 1.21. The number of aromatic nitrogens is 1. The highest BCUT2D eigenvalue weighted by molar-refractivity contribution is 7.99. The molecule has 2 heterocycles. The second-order valence-corrected chi connectivity index (χ2v) is 10.9. The Morgan fingerprint density at radius 2 is 1.91 bits per heavy atom. The topological polar surface area (TPSA) is 45.6 Å². The van der Waals surface area contributed by atoms with Gasteiger partial charge >= 0.3 is 0 Å². The van der Waals surface area contributed by atoms with Crippen molar-refractivity contribution >= 4 is 45.9 Å². The minimum absolute atomic E-state index is 0.257. The van der Waals surface area contributed by atoms with Crippen molar-refractivity contribution in [1.29, 1.82) is 0 Å². The van der Waals surface area contributed by atoms with E-state index in [0.717, 1.165) is 84.7 Å². The maximum absolute atomic E-state index is 10.9. The van der Waals surface area contributed by atoms with Gasteiger partial charge in [0.05, 0.1) is 23.8 Å². The number of nitrogens with zero attached hydrogens (tertiary/aromatic N) is 2. The number of hydrogen-bond donors (Lipinski definition) is 1. The molecule has 2 aromatic carbocycles. The van der Waals surface area contributed by atoms with E-state index in [4.69, 9.17) is 27.9 Å². The van der Waals surface area contributed by atoms with E-state index in [1.54, 1.807) is 13.3 Å². The lowest BCUT2D eigenvalue weighted by Crippen LogP contribution is -2.38. The van der Waals surface area contributed by atoms with Crippen LogP contribution in [0.5, 0.6) is 5.75 Å². The minimum atomic E-state index is -0.257. The fourth-order valence-corrected chi connectivity index (χ4v) is 5.98. The van der Waals surface area contributed by atoms with Gasteiger partial charge in [0, 0.05) is 33.8 Å². The third kappa shape index (κ3) is 6.79. The van der Waals surface area contributed by atoms with Gasteiger partial charge in [0.25, 0.3) is 0 Å². The van der Waals surface area contributed by atoms with Gasteiger partial charge in [-0.1, -0.05) is 23.2 Å². The number of fused-ring (bicyclic) bond motifs is 1. The van der Waals surface area contributed by atoms with Gasteiger partial charge in [-0.05, 0) is 99.1 Å². The molecule has 7 heteroatoms. The Kier molecular flexibility index (Phi) is 9.38. The first-order valence-electron chi connectivity index (χ1n) is 11.9. The summed E-state index contributed by atoms with van der Waals surface area (Å²) >= 11 is 14.3. The van der Waals surface area contributed by atoms with Gasteiger partial charge in [0.1, 0.15) is 5.75 Å². The van der Waals surface area contributed by atoms with E-state index in [1.807, 2.05) is 42.1 Å². The lowest BCUT2D eigenvalue weighted by molar-refractivity contribution is 0.0540. The number of aliphatic hydroxyl groups excluding tert-OH is 1. The predicted octanol–water partition coefficient (Wildman–Crippen LogP) is 6.74. The van der Waals surface area contributed by atoms with Crippen molar-refractivity contribution in [1.82, 2.24) is 9.88 Å². The van der Waals surface area contributed by atoms with Crippen molar-refractivity contribution < 1.29 is 9.84 Å². The number of halogens is 2. The molecule has 1 saturated heterocycles. The predicted molar refractivity (Wildman–Crippen MR) is 144 cm³/mol. The molecule has 0 saturated carbocycles. The van der Waals surface area contributed by atoms with Crippen LogP contribution in [0.4, 0.5) is 0 Å². The van der Waals surface area contributed by atoms with Crippen LogP contribution >= 0.6 is 35.0 Å². The molecule has 3 aromatic rings. The molecule has 182 valence electrons. The fraction of sp³-hybridized carbons (Fsp3) is 0.444. The summed E-state index contributed by atoms with van der Waals surface area (Å²) in [6.45, 7) is 3.19. The molecule has 0 spiro atoms. The average Bonchev–Trinajstić information content (AvgIpc) is 2.86. The summed E-state index contributed by atoms with van der Waals surface area (Å²) < 4.78 is 5.38. The Bertz CT molecular complexity index is 1070. The van der Waals surface area contributed by atoms with Crippen LogP contribution in [-0.2, 0) is 6.42 Å². The number of rotatable bonds is 10.